The highest BCUT2D eigenvalue weighted by atomic mass is 15.2. The minimum atomic E-state index is 0.0320. The Morgan fingerprint density at radius 3 is 2.88 bits per heavy atom. The lowest BCUT2D eigenvalue weighted by atomic mass is 9.95. The van der Waals surface area contributed by atoms with Crippen molar-refractivity contribution in [2.24, 2.45) is 11.7 Å². The average Bonchev–Trinajstić information content (AvgIpc) is 2.32. The predicted octanol–water partition coefficient (Wildman–Crippen LogP) is 1.99. The summed E-state index contributed by atoms with van der Waals surface area (Å²) in [7, 11) is 0. The maximum absolute atomic E-state index is 7.43. The van der Waals surface area contributed by atoms with E-state index in [1.807, 2.05) is 12.1 Å². The first kappa shape index (κ1) is 11.9. The number of anilines is 1. The number of nitrogen functional groups attached to an aromatic ring is 1. The van der Waals surface area contributed by atoms with Crippen molar-refractivity contribution in [3.63, 3.8) is 0 Å². The van der Waals surface area contributed by atoms with Crippen LogP contribution in [0, 0.1) is 11.3 Å². The highest BCUT2D eigenvalue weighted by Gasteiger charge is 2.23. The molecule has 2 rings (SSSR count). The highest BCUT2D eigenvalue weighted by molar-refractivity contribution is 5.93. The molecule has 0 aliphatic carbocycles. The Hall–Kier alpha value is -1.58. The number of piperidine rings is 1. The number of hydrogen-bond acceptors (Lipinski definition) is 3. The highest BCUT2D eigenvalue weighted by Crippen LogP contribution is 2.26. The third kappa shape index (κ3) is 2.57. The maximum Gasteiger partial charge on any atom is 0.141 e. The van der Waals surface area contributed by atoms with Gasteiger partial charge in [-0.15, -0.1) is 0 Å². The number of aromatic nitrogens is 1. The molecule has 2 atom stereocenters. The van der Waals surface area contributed by atoms with E-state index in [9.17, 15) is 0 Å². The van der Waals surface area contributed by atoms with Gasteiger partial charge in [-0.2, -0.15) is 0 Å². The van der Waals surface area contributed by atoms with Crippen LogP contribution in [0.4, 0.5) is 5.82 Å². The van der Waals surface area contributed by atoms with E-state index in [0.717, 1.165) is 12.4 Å². The molecule has 3 N–H and O–H groups in total. The molecule has 1 saturated heterocycles. The molecule has 0 radical (unpaired) electrons. The number of nitrogens with one attached hydrogen (secondary N) is 1. The van der Waals surface area contributed by atoms with Crippen molar-refractivity contribution in [2.45, 2.75) is 32.7 Å². The van der Waals surface area contributed by atoms with E-state index in [4.69, 9.17) is 11.1 Å². The molecule has 1 fully saturated rings. The first-order valence-corrected chi connectivity index (χ1v) is 6.16. The van der Waals surface area contributed by atoms with E-state index in [1.165, 1.54) is 12.8 Å². The van der Waals surface area contributed by atoms with E-state index < -0.39 is 0 Å². The summed E-state index contributed by atoms with van der Waals surface area (Å²) in [4.78, 5) is 6.78. The van der Waals surface area contributed by atoms with E-state index >= 15 is 0 Å². The number of rotatable bonds is 2. The van der Waals surface area contributed by atoms with Crippen LogP contribution in [-0.2, 0) is 0 Å². The first-order chi connectivity index (χ1) is 8.08. The summed E-state index contributed by atoms with van der Waals surface area (Å²) in [6.45, 7) is 5.54. The van der Waals surface area contributed by atoms with Crippen LogP contribution >= 0.6 is 0 Å². The topological polar surface area (TPSA) is 66.0 Å². The third-order valence-electron chi connectivity index (χ3n) is 3.42. The van der Waals surface area contributed by atoms with Crippen molar-refractivity contribution >= 4 is 11.7 Å². The second-order valence-electron chi connectivity index (χ2n) is 4.98. The zero-order valence-electron chi connectivity index (χ0n) is 10.5. The molecule has 17 heavy (non-hydrogen) atoms. The van der Waals surface area contributed by atoms with E-state index in [2.05, 4.69) is 23.7 Å². The number of nitrogens with zero attached hydrogens (tertiary/aromatic N) is 2. The van der Waals surface area contributed by atoms with Crippen LogP contribution in [0.5, 0.6) is 0 Å². The van der Waals surface area contributed by atoms with Crippen LogP contribution in [0.3, 0.4) is 0 Å². The zero-order chi connectivity index (χ0) is 12.4. The van der Waals surface area contributed by atoms with Crippen molar-refractivity contribution in [1.82, 2.24) is 4.98 Å². The summed E-state index contributed by atoms with van der Waals surface area (Å²) >= 11 is 0. The molecular formula is C13H20N4. The Labute approximate surface area is 102 Å². The quantitative estimate of drug-likeness (QED) is 0.605. The summed E-state index contributed by atoms with van der Waals surface area (Å²) in [5.74, 6) is 1.68. The second kappa shape index (κ2) is 4.73. The van der Waals surface area contributed by atoms with Crippen LogP contribution in [0.15, 0.2) is 18.2 Å². The van der Waals surface area contributed by atoms with Crippen LogP contribution in [0.2, 0.25) is 0 Å². The Morgan fingerprint density at radius 1 is 1.41 bits per heavy atom. The van der Waals surface area contributed by atoms with Gasteiger partial charge in [0, 0.05) is 12.6 Å². The summed E-state index contributed by atoms with van der Waals surface area (Å²) in [5.41, 5.74) is 6.04. The van der Waals surface area contributed by atoms with Gasteiger partial charge in [0.25, 0.3) is 0 Å². The Balaban J connectivity index is 2.26. The van der Waals surface area contributed by atoms with Crippen molar-refractivity contribution in [3.8, 4) is 0 Å². The summed E-state index contributed by atoms with van der Waals surface area (Å²) in [6.07, 6.45) is 2.48. The normalized spacial score (nSPS) is 24.7. The molecule has 4 heteroatoms. The SMILES string of the molecule is CC1CCC(C)N(c2cccc(C(=N)N)n2)C1. The molecule has 0 spiro atoms. The Bertz CT molecular complexity index is 416. The van der Waals surface area contributed by atoms with Crippen molar-refractivity contribution in [2.75, 3.05) is 11.4 Å². The largest absolute Gasteiger partial charge is 0.382 e. The minimum absolute atomic E-state index is 0.0320. The van der Waals surface area contributed by atoms with Gasteiger partial charge in [-0.25, -0.2) is 4.98 Å². The summed E-state index contributed by atoms with van der Waals surface area (Å²) in [6, 6.07) is 6.22. The average molecular weight is 232 g/mol. The van der Waals surface area contributed by atoms with Gasteiger partial charge < -0.3 is 10.6 Å². The summed E-state index contributed by atoms with van der Waals surface area (Å²) in [5, 5.41) is 7.43. The fraction of sp³-hybridized carbons (Fsp3) is 0.538. The van der Waals surface area contributed by atoms with E-state index in [-0.39, 0.29) is 5.84 Å². The van der Waals surface area contributed by atoms with Gasteiger partial charge in [0.2, 0.25) is 0 Å². The van der Waals surface area contributed by atoms with Crippen molar-refractivity contribution in [1.29, 1.82) is 5.41 Å². The van der Waals surface area contributed by atoms with Crippen molar-refractivity contribution < 1.29 is 0 Å². The van der Waals surface area contributed by atoms with Gasteiger partial charge >= 0.3 is 0 Å². The van der Waals surface area contributed by atoms with E-state index in [0.29, 0.717) is 17.7 Å². The lowest BCUT2D eigenvalue weighted by Gasteiger charge is -2.37. The number of nitrogens with two attached hydrogens (primary N) is 1. The zero-order valence-corrected chi connectivity index (χ0v) is 10.5. The molecule has 0 amide bonds. The van der Waals surface area contributed by atoms with Gasteiger partial charge in [-0.1, -0.05) is 13.0 Å². The molecule has 4 nitrogen and oxygen atoms in total. The molecule has 2 unspecified atom stereocenters. The smallest absolute Gasteiger partial charge is 0.141 e. The maximum atomic E-state index is 7.43. The van der Waals surface area contributed by atoms with Crippen LogP contribution < -0.4 is 10.6 Å². The van der Waals surface area contributed by atoms with E-state index in [1.54, 1.807) is 6.07 Å². The molecule has 2 heterocycles. The third-order valence-corrected chi connectivity index (χ3v) is 3.42. The molecule has 0 saturated carbocycles. The molecule has 0 bridgehead atoms. The summed E-state index contributed by atoms with van der Waals surface area (Å²) < 4.78 is 0. The fourth-order valence-corrected chi connectivity index (χ4v) is 2.34. The minimum Gasteiger partial charge on any atom is -0.382 e. The Kier molecular flexibility index (Phi) is 3.31. The molecule has 1 aromatic heterocycles. The number of pyridine rings is 1. The van der Waals surface area contributed by atoms with Gasteiger partial charge in [0.15, 0.2) is 0 Å². The van der Waals surface area contributed by atoms with Crippen LogP contribution in [-0.4, -0.2) is 23.4 Å². The van der Waals surface area contributed by atoms with Crippen LogP contribution in [0.25, 0.3) is 0 Å². The monoisotopic (exact) mass is 232 g/mol. The second-order valence-corrected chi connectivity index (χ2v) is 4.98. The lowest BCUT2D eigenvalue weighted by molar-refractivity contribution is 0.388. The lowest BCUT2D eigenvalue weighted by Crippen LogP contribution is -2.41. The predicted molar refractivity (Wildman–Crippen MR) is 70.5 cm³/mol. The standard InChI is InChI=1S/C13H20N4/c1-9-6-7-10(2)17(8-9)12-5-3-4-11(16-12)13(14)15/h3-5,9-10H,6-8H2,1-2H3,(H3,14,15). The van der Waals surface area contributed by atoms with Gasteiger partial charge in [-0.05, 0) is 37.8 Å². The molecule has 1 aromatic rings. The van der Waals surface area contributed by atoms with Gasteiger partial charge in [0.1, 0.15) is 17.3 Å². The van der Waals surface area contributed by atoms with Crippen molar-refractivity contribution in [3.05, 3.63) is 23.9 Å². The molecule has 92 valence electrons. The number of hydrogen-bond donors (Lipinski definition) is 2. The first-order valence-electron chi connectivity index (χ1n) is 6.16. The van der Waals surface area contributed by atoms with Gasteiger partial charge in [-0.3, -0.25) is 5.41 Å². The Morgan fingerprint density at radius 2 is 2.18 bits per heavy atom. The molecule has 0 aromatic carbocycles. The van der Waals surface area contributed by atoms with Crippen LogP contribution in [0.1, 0.15) is 32.4 Å². The molecule has 1 aliphatic heterocycles. The molecular weight excluding hydrogens is 212 g/mol. The van der Waals surface area contributed by atoms with Gasteiger partial charge in [0.05, 0.1) is 0 Å². The number of amidine groups is 1. The fourth-order valence-electron chi connectivity index (χ4n) is 2.34. The molecule has 1 aliphatic rings.